The molecule has 1 rings (SSSR count). The molecule has 1 aromatic carbocycles. The van der Waals surface area contributed by atoms with Gasteiger partial charge in [0.15, 0.2) is 0 Å². The van der Waals surface area contributed by atoms with Crippen LogP contribution in [0.25, 0.3) is 0 Å². The standard InChI is InChI=1S/C10H10Br2O2/c1-6(11)8-4-3-7(12)5-9(8)10(13)14-2/h3-6H,1-2H3/t6-/m1/s1. The molecule has 0 aromatic heterocycles. The minimum absolute atomic E-state index is 0.129. The summed E-state index contributed by atoms with van der Waals surface area (Å²) >= 11 is 6.75. The average Bonchev–Trinajstić information content (AvgIpc) is 2.16. The summed E-state index contributed by atoms with van der Waals surface area (Å²) in [6.45, 7) is 1.97. The SMILES string of the molecule is COC(=O)c1cc(Br)ccc1[C@@H](C)Br. The number of methoxy groups -OCH3 is 1. The molecule has 14 heavy (non-hydrogen) atoms. The van der Waals surface area contributed by atoms with Gasteiger partial charge >= 0.3 is 5.97 Å². The molecule has 0 radical (unpaired) electrons. The van der Waals surface area contributed by atoms with Crippen LogP contribution in [0.3, 0.4) is 0 Å². The van der Waals surface area contributed by atoms with E-state index in [9.17, 15) is 4.79 Å². The second-order valence-corrected chi connectivity index (χ2v) is 5.13. The molecule has 0 heterocycles. The van der Waals surface area contributed by atoms with Crippen molar-refractivity contribution in [2.75, 3.05) is 7.11 Å². The van der Waals surface area contributed by atoms with Gasteiger partial charge in [-0.15, -0.1) is 0 Å². The molecule has 76 valence electrons. The molecule has 0 saturated carbocycles. The van der Waals surface area contributed by atoms with Crippen molar-refractivity contribution < 1.29 is 9.53 Å². The van der Waals surface area contributed by atoms with Crippen molar-refractivity contribution in [3.63, 3.8) is 0 Å². The second kappa shape index (κ2) is 4.94. The summed E-state index contributed by atoms with van der Waals surface area (Å²) < 4.78 is 5.57. The zero-order valence-electron chi connectivity index (χ0n) is 7.88. The number of esters is 1. The molecule has 0 aliphatic rings. The lowest BCUT2D eigenvalue weighted by Crippen LogP contribution is -2.05. The molecular formula is C10H10Br2O2. The molecule has 1 aromatic rings. The summed E-state index contributed by atoms with van der Waals surface area (Å²) in [5.41, 5.74) is 1.52. The third kappa shape index (κ3) is 2.58. The quantitative estimate of drug-likeness (QED) is 0.613. The second-order valence-electron chi connectivity index (χ2n) is 2.84. The van der Waals surface area contributed by atoms with Crippen LogP contribution in [0.1, 0.15) is 27.7 Å². The summed E-state index contributed by atoms with van der Waals surface area (Å²) in [7, 11) is 1.38. The van der Waals surface area contributed by atoms with Gasteiger partial charge in [-0.05, 0) is 24.6 Å². The lowest BCUT2D eigenvalue weighted by atomic mass is 10.1. The number of alkyl halides is 1. The van der Waals surface area contributed by atoms with Crippen molar-refractivity contribution >= 4 is 37.8 Å². The first kappa shape index (κ1) is 11.7. The normalized spacial score (nSPS) is 12.3. The highest BCUT2D eigenvalue weighted by Gasteiger charge is 2.14. The van der Waals surface area contributed by atoms with E-state index >= 15 is 0 Å². The average molecular weight is 322 g/mol. The fraction of sp³-hybridized carbons (Fsp3) is 0.300. The fourth-order valence-corrected chi connectivity index (χ4v) is 1.92. The molecule has 0 fully saturated rings. The molecule has 2 nitrogen and oxygen atoms in total. The van der Waals surface area contributed by atoms with Gasteiger partial charge in [-0.3, -0.25) is 0 Å². The highest BCUT2D eigenvalue weighted by atomic mass is 79.9. The van der Waals surface area contributed by atoms with Crippen LogP contribution in [-0.2, 0) is 4.74 Å². The maximum absolute atomic E-state index is 11.4. The Kier molecular flexibility index (Phi) is 4.13. The van der Waals surface area contributed by atoms with Gasteiger partial charge in [0.05, 0.1) is 12.7 Å². The third-order valence-electron chi connectivity index (χ3n) is 1.85. The van der Waals surface area contributed by atoms with Gasteiger partial charge in [-0.2, -0.15) is 0 Å². The minimum atomic E-state index is -0.312. The lowest BCUT2D eigenvalue weighted by molar-refractivity contribution is 0.0599. The molecule has 0 spiro atoms. The van der Waals surface area contributed by atoms with Gasteiger partial charge in [0, 0.05) is 9.30 Å². The van der Waals surface area contributed by atoms with Crippen molar-refractivity contribution in [1.29, 1.82) is 0 Å². The summed E-state index contributed by atoms with van der Waals surface area (Å²) in [5.74, 6) is -0.312. The van der Waals surface area contributed by atoms with Crippen LogP contribution >= 0.6 is 31.9 Å². The molecule has 0 aliphatic heterocycles. The Morgan fingerprint density at radius 1 is 1.50 bits per heavy atom. The summed E-state index contributed by atoms with van der Waals surface area (Å²) in [5, 5.41) is 0. The van der Waals surface area contributed by atoms with Gasteiger partial charge in [-0.25, -0.2) is 4.79 Å². The number of carbonyl (C=O) groups excluding carboxylic acids is 1. The van der Waals surface area contributed by atoms with Crippen LogP contribution in [0.5, 0.6) is 0 Å². The largest absolute Gasteiger partial charge is 0.465 e. The van der Waals surface area contributed by atoms with E-state index in [4.69, 9.17) is 4.74 Å². The summed E-state index contributed by atoms with van der Waals surface area (Å²) in [4.78, 5) is 11.6. The van der Waals surface area contributed by atoms with Gasteiger partial charge in [0.25, 0.3) is 0 Å². The molecule has 1 atom stereocenters. The van der Waals surface area contributed by atoms with Crippen molar-refractivity contribution in [3.8, 4) is 0 Å². The smallest absolute Gasteiger partial charge is 0.338 e. The van der Waals surface area contributed by atoms with Gasteiger partial charge in [0.1, 0.15) is 0 Å². The van der Waals surface area contributed by atoms with Crippen LogP contribution in [0.15, 0.2) is 22.7 Å². The summed E-state index contributed by atoms with van der Waals surface area (Å²) in [6.07, 6.45) is 0. The van der Waals surface area contributed by atoms with E-state index in [0.717, 1.165) is 10.0 Å². The van der Waals surface area contributed by atoms with Crippen molar-refractivity contribution in [2.24, 2.45) is 0 Å². The maximum Gasteiger partial charge on any atom is 0.338 e. The van der Waals surface area contributed by atoms with E-state index in [-0.39, 0.29) is 10.8 Å². The molecule has 0 saturated heterocycles. The van der Waals surface area contributed by atoms with Crippen LogP contribution in [-0.4, -0.2) is 13.1 Å². The van der Waals surface area contributed by atoms with Crippen molar-refractivity contribution in [2.45, 2.75) is 11.8 Å². The Labute approximate surface area is 99.9 Å². The number of hydrogen-bond donors (Lipinski definition) is 0. The number of rotatable bonds is 2. The molecule has 0 amide bonds. The Morgan fingerprint density at radius 3 is 2.64 bits per heavy atom. The van der Waals surface area contributed by atoms with E-state index in [2.05, 4.69) is 31.9 Å². The van der Waals surface area contributed by atoms with E-state index in [1.807, 2.05) is 19.1 Å². The Morgan fingerprint density at radius 2 is 2.14 bits per heavy atom. The zero-order valence-corrected chi connectivity index (χ0v) is 11.1. The number of ether oxygens (including phenoxy) is 1. The molecular weight excluding hydrogens is 312 g/mol. The molecule has 0 N–H and O–H groups in total. The number of carbonyl (C=O) groups is 1. The number of benzene rings is 1. The summed E-state index contributed by atoms with van der Waals surface area (Å²) in [6, 6.07) is 5.56. The first-order valence-electron chi connectivity index (χ1n) is 4.08. The van der Waals surface area contributed by atoms with E-state index < -0.39 is 0 Å². The van der Waals surface area contributed by atoms with Crippen LogP contribution < -0.4 is 0 Å². The van der Waals surface area contributed by atoms with E-state index in [0.29, 0.717) is 5.56 Å². The van der Waals surface area contributed by atoms with Gasteiger partial charge in [-0.1, -0.05) is 37.9 Å². The lowest BCUT2D eigenvalue weighted by Gasteiger charge is -2.09. The fourth-order valence-electron chi connectivity index (χ4n) is 1.16. The number of halogens is 2. The highest BCUT2D eigenvalue weighted by Crippen LogP contribution is 2.28. The molecule has 0 bridgehead atoms. The van der Waals surface area contributed by atoms with Crippen molar-refractivity contribution in [3.05, 3.63) is 33.8 Å². The first-order valence-corrected chi connectivity index (χ1v) is 5.79. The monoisotopic (exact) mass is 320 g/mol. The third-order valence-corrected chi connectivity index (χ3v) is 2.84. The Hall–Kier alpha value is -0.350. The Bertz CT molecular complexity index is 348. The molecule has 0 aliphatic carbocycles. The first-order chi connectivity index (χ1) is 6.56. The Balaban J connectivity index is 3.22. The molecule has 0 unspecified atom stereocenters. The van der Waals surface area contributed by atoms with Crippen molar-refractivity contribution in [1.82, 2.24) is 0 Å². The van der Waals surface area contributed by atoms with Crippen LogP contribution in [0, 0.1) is 0 Å². The van der Waals surface area contributed by atoms with E-state index in [1.54, 1.807) is 6.07 Å². The van der Waals surface area contributed by atoms with E-state index in [1.165, 1.54) is 7.11 Å². The number of hydrogen-bond acceptors (Lipinski definition) is 2. The van der Waals surface area contributed by atoms with Crippen LogP contribution in [0.2, 0.25) is 0 Å². The van der Waals surface area contributed by atoms with Gasteiger partial charge in [0.2, 0.25) is 0 Å². The predicted octanol–water partition coefficient (Wildman–Crippen LogP) is 3.69. The highest BCUT2D eigenvalue weighted by molar-refractivity contribution is 9.10. The predicted molar refractivity (Wildman–Crippen MR) is 62.8 cm³/mol. The van der Waals surface area contributed by atoms with Gasteiger partial charge < -0.3 is 4.74 Å². The zero-order chi connectivity index (χ0) is 10.7. The topological polar surface area (TPSA) is 26.3 Å². The minimum Gasteiger partial charge on any atom is -0.465 e. The van der Waals surface area contributed by atoms with Crippen LogP contribution in [0.4, 0.5) is 0 Å². The molecule has 4 heteroatoms. The maximum atomic E-state index is 11.4.